The van der Waals surface area contributed by atoms with Gasteiger partial charge in [-0.3, -0.25) is 9.59 Å². The molecule has 1 heterocycles. The van der Waals surface area contributed by atoms with Crippen molar-refractivity contribution in [2.24, 2.45) is 5.92 Å². The zero-order chi connectivity index (χ0) is 12.5. The minimum Gasteiger partial charge on any atom is -0.481 e. The van der Waals surface area contributed by atoms with Gasteiger partial charge in [0.05, 0.1) is 12.0 Å². The van der Waals surface area contributed by atoms with Crippen molar-refractivity contribution in [2.75, 3.05) is 6.54 Å². The third kappa shape index (κ3) is 2.97. The normalized spacial score (nSPS) is 29.9. The lowest BCUT2D eigenvalue weighted by molar-refractivity contribution is -0.138. The Labute approximate surface area is 101 Å². The number of carboxylic acid groups (broad SMARTS) is 1. The summed E-state index contributed by atoms with van der Waals surface area (Å²) >= 11 is 0. The number of nitrogens with one attached hydrogen (secondary N) is 2. The van der Waals surface area contributed by atoms with E-state index < -0.39 is 11.5 Å². The highest BCUT2D eigenvalue weighted by Crippen LogP contribution is 2.34. The standard InChI is InChI=1S/C12H20N2O3/c1-12(5-2-6-13-12)11(17)14-9(7-10(15)16)8-3-4-8/h8-9,13H,2-7H2,1H3,(H,14,17)(H,15,16). The largest absolute Gasteiger partial charge is 0.481 e. The molecule has 2 fully saturated rings. The average molecular weight is 240 g/mol. The molecule has 2 aliphatic rings. The minimum atomic E-state index is -0.841. The van der Waals surface area contributed by atoms with Crippen LogP contribution in [-0.2, 0) is 9.59 Å². The summed E-state index contributed by atoms with van der Waals surface area (Å²) in [7, 11) is 0. The Kier molecular flexibility index (Phi) is 3.38. The summed E-state index contributed by atoms with van der Waals surface area (Å²) in [5, 5.41) is 14.9. The zero-order valence-electron chi connectivity index (χ0n) is 10.2. The summed E-state index contributed by atoms with van der Waals surface area (Å²) in [6.07, 6.45) is 3.91. The fraction of sp³-hybridized carbons (Fsp3) is 0.833. The van der Waals surface area contributed by atoms with E-state index in [1.165, 1.54) is 0 Å². The van der Waals surface area contributed by atoms with Crippen LogP contribution in [0.15, 0.2) is 0 Å². The van der Waals surface area contributed by atoms with E-state index in [-0.39, 0.29) is 18.4 Å². The second kappa shape index (κ2) is 4.64. The van der Waals surface area contributed by atoms with Crippen LogP contribution in [0, 0.1) is 5.92 Å². The molecule has 5 nitrogen and oxygen atoms in total. The summed E-state index contributed by atoms with van der Waals surface area (Å²) in [6.45, 7) is 2.75. The molecule has 1 saturated heterocycles. The molecule has 17 heavy (non-hydrogen) atoms. The fourth-order valence-corrected chi connectivity index (χ4v) is 2.44. The Hall–Kier alpha value is -1.10. The Morgan fingerprint density at radius 1 is 1.53 bits per heavy atom. The minimum absolute atomic E-state index is 0.0342. The molecule has 0 aromatic carbocycles. The van der Waals surface area contributed by atoms with Gasteiger partial charge in [0.1, 0.15) is 0 Å². The number of rotatable bonds is 5. The molecule has 2 rings (SSSR count). The predicted octanol–water partition coefficient (Wildman–Crippen LogP) is 0.498. The van der Waals surface area contributed by atoms with E-state index in [2.05, 4.69) is 10.6 Å². The first-order chi connectivity index (χ1) is 8.01. The first-order valence-electron chi connectivity index (χ1n) is 6.29. The summed E-state index contributed by atoms with van der Waals surface area (Å²) in [6, 6.07) is -0.195. The second-order valence-electron chi connectivity index (χ2n) is 5.38. The van der Waals surface area contributed by atoms with Crippen LogP contribution in [0.25, 0.3) is 0 Å². The van der Waals surface area contributed by atoms with Crippen LogP contribution in [0.1, 0.15) is 39.0 Å². The number of carboxylic acids is 1. The molecular formula is C12H20N2O3. The Morgan fingerprint density at radius 2 is 2.24 bits per heavy atom. The number of hydrogen-bond donors (Lipinski definition) is 3. The van der Waals surface area contributed by atoms with E-state index in [9.17, 15) is 9.59 Å². The SMILES string of the molecule is CC1(C(=O)NC(CC(=O)O)C2CC2)CCCN1. The van der Waals surface area contributed by atoms with Gasteiger partial charge in [0, 0.05) is 6.04 Å². The molecule has 0 spiro atoms. The van der Waals surface area contributed by atoms with Crippen molar-refractivity contribution in [1.29, 1.82) is 0 Å². The first kappa shape index (κ1) is 12.4. The maximum absolute atomic E-state index is 12.1. The molecular weight excluding hydrogens is 220 g/mol. The highest BCUT2D eigenvalue weighted by atomic mass is 16.4. The highest BCUT2D eigenvalue weighted by molar-refractivity contribution is 5.87. The second-order valence-corrected chi connectivity index (χ2v) is 5.38. The van der Waals surface area contributed by atoms with Crippen LogP contribution in [0.3, 0.4) is 0 Å². The van der Waals surface area contributed by atoms with Crippen molar-refractivity contribution < 1.29 is 14.7 Å². The van der Waals surface area contributed by atoms with Crippen molar-refractivity contribution in [3.63, 3.8) is 0 Å². The summed E-state index contributed by atoms with van der Waals surface area (Å²) in [5.74, 6) is -0.528. The van der Waals surface area contributed by atoms with Crippen LogP contribution < -0.4 is 10.6 Å². The lowest BCUT2D eigenvalue weighted by Gasteiger charge is -2.26. The Morgan fingerprint density at radius 3 is 2.71 bits per heavy atom. The zero-order valence-corrected chi connectivity index (χ0v) is 10.2. The summed E-state index contributed by atoms with van der Waals surface area (Å²) in [4.78, 5) is 22.9. The number of amides is 1. The van der Waals surface area contributed by atoms with Gasteiger partial charge in [-0.2, -0.15) is 0 Å². The van der Waals surface area contributed by atoms with E-state index in [1.54, 1.807) is 0 Å². The van der Waals surface area contributed by atoms with Gasteiger partial charge in [-0.05, 0) is 45.1 Å². The number of carbonyl (C=O) groups excluding carboxylic acids is 1. The van der Waals surface area contributed by atoms with E-state index in [4.69, 9.17) is 5.11 Å². The molecule has 0 bridgehead atoms. The third-order valence-electron chi connectivity index (χ3n) is 3.77. The van der Waals surface area contributed by atoms with Gasteiger partial charge in [0.25, 0.3) is 0 Å². The Balaban J connectivity index is 1.92. The number of carbonyl (C=O) groups is 2. The van der Waals surface area contributed by atoms with Gasteiger partial charge in [-0.1, -0.05) is 0 Å². The lowest BCUT2D eigenvalue weighted by atomic mass is 9.98. The van der Waals surface area contributed by atoms with Gasteiger partial charge in [-0.25, -0.2) is 0 Å². The van der Waals surface area contributed by atoms with Crippen molar-refractivity contribution in [3.05, 3.63) is 0 Å². The predicted molar refractivity (Wildman–Crippen MR) is 62.5 cm³/mol. The molecule has 0 aromatic heterocycles. The van der Waals surface area contributed by atoms with Crippen molar-refractivity contribution >= 4 is 11.9 Å². The van der Waals surface area contributed by atoms with E-state index in [0.29, 0.717) is 5.92 Å². The summed E-state index contributed by atoms with van der Waals surface area (Å²) < 4.78 is 0. The molecule has 0 radical (unpaired) electrons. The quantitative estimate of drug-likeness (QED) is 0.654. The van der Waals surface area contributed by atoms with Crippen LogP contribution in [0.5, 0.6) is 0 Å². The van der Waals surface area contributed by atoms with Crippen LogP contribution in [0.4, 0.5) is 0 Å². The third-order valence-corrected chi connectivity index (χ3v) is 3.77. The van der Waals surface area contributed by atoms with Crippen molar-refractivity contribution in [3.8, 4) is 0 Å². The van der Waals surface area contributed by atoms with Crippen LogP contribution in [-0.4, -0.2) is 35.1 Å². The first-order valence-corrected chi connectivity index (χ1v) is 6.29. The van der Waals surface area contributed by atoms with Crippen molar-refractivity contribution in [1.82, 2.24) is 10.6 Å². The van der Waals surface area contributed by atoms with Gasteiger partial charge in [0.15, 0.2) is 0 Å². The molecule has 2 unspecified atom stereocenters. The van der Waals surface area contributed by atoms with Crippen LogP contribution >= 0.6 is 0 Å². The van der Waals surface area contributed by atoms with Crippen LogP contribution in [0.2, 0.25) is 0 Å². The maximum Gasteiger partial charge on any atom is 0.305 e. The molecule has 1 saturated carbocycles. The molecule has 1 aliphatic heterocycles. The van der Waals surface area contributed by atoms with E-state index in [1.807, 2.05) is 6.92 Å². The average Bonchev–Trinajstić information content (AvgIpc) is 3.00. The monoisotopic (exact) mass is 240 g/mol. The van der Waals surface area contributed by atoms with Gasteiger partial charge < -0.3 is 15.7 Å². The number of hydrogen-bond acceptors (Lipinski definition) is 3. The Bertz CT molecular complexity index is 320. The van der Waals surface area contributed by atoms with Gasteiger partial charge in [-0.15, -0.1) is 0 Å². The lowest BCUT2D eigenvalue weighted by Crippen LogP contribution is -2.54. The van der Waals surface area contributed by atoms with Gasteiger partial charge >= 0.3 is 5.97 Å². The van der Waals surface area contributed by atoms with Crippen molar-refractivity contribution in [2.45, 2.75) is 50.6 Å². The van der Waals surface area contributed by atoms with E-state index >= 15 is 0 Å². The summed E-state index contributed by atoms with van der Waals surface area (Å²) in [5.41, 5.74) is -0.508. The molecule has 0 aromatic rings. The number of aliphatic carboxylic acids is 1. The maximum atomic E-state index is 12.1. The molecule has 3 N–H and O–H groups in total. The fourth-order valence-electron chi connectivity index (χ4n) is 2.44. The molecule has 5 heteroatoms. The highest BCUT2D eigenvalue weighted by Gasteiger charge is 2.40. The van der Waals surface area contributed by atoms with E-state index in [0.717, 1.165) is 32.2 Å². The molecule has 1 aliphatic carbocycles. The topological polar surface area (TPSA) is 78.4 Å². The molecule has 2 atom stereocenters. The molecule has 1 amide bonds. The van der Waals surface area contributed by atoms with Gasteiger partial charge in [0.2, 0.25) is 5.91 Å². The smallest absolute Gasteiger partial charge is 0.305 e. The molecule has 96 valence electrons.